The maximum absolute atomic E-state index is 13.8. The van der Waals surface area contributed by atoms with Crippen molar-refractivity contribution in [3.8, 4) is 17.2 Å². The van der Waals surface area contributed by atoms with Gasteiger partial charge in [-0.15, -0.1) is 0 Å². The monoisotopic (exact) mass is 577 g/mol. The van der Waals surface area contributed by atoms with Crippen molar-refractivity contribution in [2.24, 2.45) is 5.92 Å². The molecule has 220 valence electrons. The summed E-state index contributed by atoms with van der Waals surface area (Å²) in [5, 5.41) is 34.6. The van der Waals surface area contributed by atoms with E-state index in [1.165, 1.54) is 20.1 Å². The molecule has 3 heterocycles. The number of ether oxygens (including phenoxy) is 4. The zero-order valence-electron chi connectivity index (χ0n) is 23.2. The Labute approximate surface area is 240 Å². The fourth-order valence-corrected chi connectivity index (χ4v) is 8.03. The highest BCUT2D eigenvalue weighted by atomic mass is 16.7. The van der Waals surface area contributed by atoms with Gasteiger partial charge in [0.2, 0.25) is 5.78 Å². The second-order valence-corrected chi connectivity index (χ2v) is 12.3. The van der Waals surface area contributed by atoms with E-state index >= 15 is 0 Å². The molecule has 3 aliphatic carbocycles. The Morgan fingerprint density at radius 1 is 1.07 bits per heavy atom. The number of aromatic hydroxyl groups is 2. The number of phenols is 2. The van der Waals surface area contributed by atoms with Crippen molar-refractivity contribution in [2.45, 2.75) is 81.5 Å². The molecule has 2 aromatic carbocycles. The third-order valence-electron chi connectivity index (χ3n) is 10.2. The summed E-state index contributed by atoms with van der Waals surface area (Å²) >= 11 is 0. The summed E-state index contributed by atoms with van der Waals surface area (Å²) in [6.45, 7) is 2.17. The molecule has 11 nitrogen and oxygen atoms in total. The molecule has 0 radical (unpaired) electrons. The lowest BCUT2D eigenvalue weighted by molar-refractivity contribution is -0.218. The smallest absolute Gasteiger partial charge is 0.202 e. The molecular formula is C31H31NO10. The van der Waals surface area contributed by atoms with E-state index in [2.05, 4.69) is 4.90 Å². The van der Waals surface area contributed by atoms with Gasteiger partial charge >= 0.3 is 0 Å². The van der Waals surface area contributed by atoms with Crippen molar-refractivity contribution in [1.29, 1.82) is 0 Å². The Hall–Kier alpha value is -3.35. The molecule has 8 atom stereocenters. The van der Waals surface area contributed by atoms with Crippen LogP contribution in [0.25, 0.3) is 0 Å². The number of nitrogens with zero attached hydrogens (tertiary/aromatic N) is 1. The lowest BCUT2D eigenvalue weighted by Gasteiger charge is -2.42. The molecule has 4 fully saturated rings. The molecule has 42 heavy (non-hydrogen) atoms. The van der Waals surface area contributed by atoms with Crippen LogP contribution in [-0.2, 0) is 25.4 Å². The van der Waals surface area contributed by atoms with Crippen LogP contribution in [0.5, 0.6) is 17.2 Å². The van der Waals surface area contributed by atoms with Crippen LogP contribution in [0.4, 0.5) is 0 Å². The molecule has 11 heteroatoms. The molecule has 3 aliphatic heterocycles. The van der Waals surface area contributed by atoms with E-state index in [1.807, 2.05) is 0 Å². The Morgan fingerprint density at radius 2 is 1.83 bits per heavy atom. The largest absolute Gasteiger partial charge is 0.507 e. The van der Waals surface area contributed by atoms with Crippen molar-refractivity contribution >= 4 is 17.3 Å². The predicted octanol–water partition coefficient (Wildman–Crippen LogP) is 2.14. The second-order valence-electron chi connectivity index (χ2n) is 12.3. The third-order valence-corrected chi connectivity index (χ3v) is 10.2. The van der Waals surface area contributed by atoms with Crippen LogP contribution in [0.15, 0.2) is 18.2 Å². The lowest BCUT2D eigenvalue weighted by Crippen LogP contribution is -2.50. The van der Waals surface area contributed by atoms with Gasteiger partial charge in [-0.2, -0.15) is 0 Å². The van der Waals surface area contributed by atoms with Crippen molar-refractivity contribution < 1.29 is 48.7 Å². The molecule has 6 unspecified atom stereocenters. The molecule has 2 aromatic rings. The van der Waals surface area contributed by atoms with Crippen LogP contribution in [0.3, 0.4) is 0 Å². The number of aliphatic hydroxyl groups is 1. The number of hydrogen-bond acceptors (Lipinski definition) is 11. The highest BCUT2D eigenvalue weighted by molar-refractivity contribution is 6.31. The van der Waals surface area contributed by atoms with E-state index in [9.17, 15) is 29.7 Å². The van der Waals surface area contributed by atoms with Crippen molar-refractivity contribution in [3.63, 3.8) is 0 Å². The fraction of sp³-hybridized carbons (Fsp3) is 0.516. The minimum Gasteiger partial charge on any atom is -0.507 e. The summed E-state index contributed by atoms with van der Waals surface area (Å²) in [6.07, 6.45) is 0.0375. The Kier molecular flexibility index (Phi) is 5.53. The average Bonchev–Trinajstić information content (AvgIpc) is 3.43. The molecule has 0 amide bonds. The van der Waals surface area contributed by atoms with Gasteiger partial charge in [0.25, 0.3) is 0 Å². The van der Waals surface area contributed by atoms with E-state index in [1.54, 1.807) is 12.1 Å². The number of methoxy groups -OCH3 is 1. The number of ketones is 3. The summed E-state index contributed by atoms with van der Waals surface area (Å²) in [5.74, 6) is -2.57. The summed E-state index contributed by atoms with van der Waals surface area (Å²) in [7, 11) is 1.37. The van der Waals surface area contributed by atoms with Gasteiger partial charge in [-0.3, -0.25) is 19.3 Å². The molecule has 3 saturated heterocycles. The summed E-state index contributed by atoms with van der Waals surface area (Å²) in [6, 6.07) is 4.74. The number of hydrogen-bond donors (Lipinski definition) is 3. The Morgan fingerprint density at radius 3 is 2.60 bits per heavy atom. The van der Waals surface area contributed by atoms with Crippen molar-refractivity contribution in [3.05, 3.63) is 51.6 Å². The van der Waals surface area contributed by atoms with Crippen LogP contribution >= 0.6 is 0 Å². The molecule has 6 aliphatic rings. The zero-order valence-corrected chi connectivity index (χ0v) is 23.2. The lowest BCUT2D eigenvalue weighted by atomic mass is 9.72. The highest BCUT2D eigenvalue weighted by Gasteiger charge is 2.67. The number of carbonyl (C=O) groups excluding carboxylic acids is 3. The number of carbonyl (C=O) groups is 3. The first-order valence-electron chi connectivity index (χ1n) is 14.5. The van der Waals surface area contributed by atoms with Gasteiger partial charge in [0, 0.05) is 54.5 Å². The highest BCUT2D eigenvalue weighted by Crippen LogP contribution is 2.56. The van der Waals surface area contributed by atoms with E-state index in [4.69, 9.17) is 18.9 Å². The van der Waals surface area contributed by atoms with Gasteiger partial charge in [0.1, 0.15) is 29.1 Å². The first kappa shape index (κ1) is 26.3. The number of Topliss-reactive ketones (excluding diaryl/α,β-unsaturated/α-hetero) is 1. The van der Waals surface area contributed by atoms with E-state index in [0.29, 0.717) is 6.42 Å². The van der Waals surface area contributed by atoms with Gasteiger partial charge in [-0.05, 0) is 25.8 Å². The number of benzene rings is 2. The Bertz CT molecular complexity index is 1590. The topological polar surface area (TPSA) is 152 Å². The van der Waals surface area contributed by atoms with Gasteiger partial charge in [-0.1, -0.05) is 12.1 Å². The molecular weight excluding hydrogens is 546 g/mol. The van der Waals surface area contributed by atoms with Gasteiger partial charge < -0.3 is 34.3 Å². The first-order chi connectivity index (χ1) is 20.1. The van der Waals surface area contributed by atoms with Gasteiger partial charge in [0.05, 0.1) is 42.1 Å². The van der Waals surface area contributed by atoms with Gasteiger partial charge in [0.15, 0.2) is 17.9 Å². The SMILES string of the molecule is COc1cccc2c1C(=O)c1c(O)c3c(c(O)c1C2=O)C[C@@](O)(C(C)=O)C[C@H]3OC1CC2C3C(O1)C3OC1CCCN12. The van der Waals surface area contributed by atoms with Crippen LogP contribution in [0.1, 0.15) is 81.7 Å². The number of phenolic OH excluding ortho intramolecular Hbond substituents is 2. The summed E-state index contributed by atoms with van der Waals surface area (Å²) in [5.41, 5.74) is -2.59. The fourth-order valence-electron chi connectivity index (χ4n) is 8.03. The van der Waals surface area contributed by atoms with E-state index in [0.717, 1.165) is 19.4 Å². The maximum Gasteiger partial charge on any atom is 0.202 e. The maximum atomic E-state index is 13.8. The van der Waals surface area contributed by atoms with E-state index < -0.39 is 46.8 Å². The zero-order chi connectivity index (χ0) is 29.2. The average molecular weight is 578 g/mol. The number of rotatable bonds is 4. The minimum absolute atomic E-state index is 0.00102. The Balaban J connectivity index is 1.22. The molecule has 3 N–H and O–H groups in total. The molecule has 0 spiro atoms. The third kappa shape index (κ3) is 3.42. The van der Waals surface area contributed by atoms with Crippen LogP contribution in [-0.4, -0.2) is 87.6 Å². The van der Waals surface area contributed by atoms with Crippen molar-refractivity contribution in [2.75, 3.05) is 13.7 Å². The van der Waals surface area contributed by atoms with Crippen LogP contribution in [0, 0.1) is 5.92 Å². The molecule has 1 saturated carbocycles. The quantitative estimate of drug-likeness (QED) is 0.391. The summed E-state index contributed by atoms with van der Waals surface area (Å²) in [4.78, 5) is 42.5. The van der Waals surface area contributed by atoms with Crippen molar-refractivity contribution in [1.82, 2.24) is 4.90 Å². The van der Waals surface area contributed by atoms with Crippen LogP contribution < -0.4 is 4.74 Å². The molecule has 8 rings (SSSR count). The second kappa shape index (κ2) is 8.84. The van der Waals surface area contributed by atoms with Crippen LogP contribution in [0.2, 0.25) is 0 Å². The first-order valence-corrected chi connectivity index (χ1v) is 14.5. The minimum atomic E-state index is -1.94. The van der Waals surface area contributed by atoms with Gasteiger partial charge in [-0.25, -0.2) is 0 Å². The normalized spacial score (nSPS) is 35.9. The molecule has 0 aromatic heterocycles. The standard InChI is InChI=1S/C31H31NO10/c1-12(33)31(38)10-14-21(17(11-31)40-19-9-15-22-29(30(22)42-19)41-18-7-4-8-32(15)18)28(37)24-23(26(14)35)25(34)13-5-3-6-16(39-2)20(13)27(24)36/h3,5-6,15,17-19,22,29-30,35,37-38H,4,7-11H2,1-2H3/t15?,17-,18?,19?,22?,29?,30?,31+/m1/s1. The van der Waals surface area contributed by atoms with E-state index in [-0.39, 0.29) is 82.4 Å². The number of fused-ring (bicyclic) bond motifs is 6. The predicted molar refractivity (Wildman–Crippen MR) is 143 cm³/mol. The molecule has 0 bridgehead atoms. The summed E-state index contributed by atoms with van der Waals surface area (Å²) < 4.78 is 24.3.